The molecule has 0 atom stereocenters. The minimum atomic E-state index is -0.0105. The van der Waals surface area contributed by atoms with Crippen LogP contribution in [0.4, 0.5) is 11.5 Å². The largest absolute Gasteiger partial charge is 0.493 e. The summed E-state index contributed by atoms with van der Waals surface area (Å²) in [5.74, 6) is 2.04. The van der Waals surface area contributed by atoms with Gasteiger partial charge in [0.15, 0.2) is 11.5 Å². The van der Waals surface area contributed by atoms with Gasteiger partial charge in [0, 0.05) is 61.8 Å². The minimum absolute atomic E-state index is 0.0105. The maximum atomic E-state index is 12.2. The second kappa shape index (κ2) is 8.63. The monoisotopic (exact) mass is 430 g/mol. The molecule has 0 bridgehead atoms. The van der Waals surface area contributed by atoms with Crippen LogP contribution in [-0.2, 0) is 7.05 Å². The van der Waals surface area contributed by atoms with Gasteiger partial charge in [-0.3, -0.25) is 4.79 Å². The first-order valence-corrected chi connectivity index (χ1v) is 10.2. The van der Waals surface area contributed by atoms with Crippen molar-refractivity contribution >= 4 is 28.3 Å². The van der Waals surface area contributed by atoms with E-state index in [1.807, 2.05) is 61.8 Å². The van der Waals surface area contributed by atoms with E-state index in [1.54, 1.807) is 33.2 Å². The number of benzene rings is 2. The highest BCUT2D eigenvalue weighted by molar-refractivity contribution is 5.95. The number of anilines is 2. The lowest BCUT2D eigenvalue weighted by molar-refractivity contribution is 0.0827. The van der Waals surface area contributed by atoms with Crippen LogP contribution in [0.5, 0.6) is 11.5 Å². The number of aryl methyl sites for hydroxylation is 1. The predicted molar refractivity (Wildman–Crippen MR) is 127 cm³/mol. The molecule has 2 aromatic heterocycles. The zero-order chi connectivity index (χ0) is 22.8. The molecule has 0 saturated heterocycles. The highest BCUT2D eigenvalue weighted by Crippen LogP contribution is 2.32. The number of carbonyl (C=O) groups excluding carboxylic acids is 1. The predicted octanol–water partition coefficient (Wildman–Crippen LogP) is 4.70. The van der Waals surface area contributed by atoms with Crippen LogP contribution in [0.1, 0.15) is 10.4 Å². The summed E-state index contributed by atoms with van der Waals surface area (Å²) in [5.41, 5.74) is 4.65. The van der Waals surface area contributed by atoms with E-state index in [1.165, 1.54) is 0 Å². The average molecular weight is 431 g/mol. The molecule has 0 aliphatic rings. The fourth-order valence-corrected chi connectivity index (χ4v) is 3.68. The van der Waals surface area contributed by atoms with Crippen LogP contribution in [0, 0.1) is 0 Å². The van der Waals surface area contributed by atoms with Gasteiger partial charge in [0.25, 0.3) is 5.91 Å². The number of aromatic nitrogens is 2. The Bertz CT molecular complexity index is 1280. The zero-order valence-electron chi connectivity index (χ0n) is 18.8. The smallest absolute Gasteiger partial charge is 0.253 e. The second-order valence-corrected chi connectivity index (χ2v) is 7.69. The summed E-state index contributed by atoms with van der Waals surface area (Å²) in [6.45, 7) is 0. The quantitative estimate of drug-likeness (QED) is 0.480. The van der Waals surface area contributed by atoms with Crippen molar-refractivity contribution in [3.8, 4) is 22.8 Å². The van der Waals surface area contributed by atoms with Crippen molar-refractivity contribution in [2.45, 2.75) is 0 Å². The van der Waals surface area contributed by atoms with Gasteiger partial charge >= 0.3 is 0 Å². The molecular formula is C25H26N4O3. The van der Waals surface area contributed by atoms with Crippen molar-refractivity contribution in [1.82, 2.24) is 14.5 Å². The van der Waals surface area contributed by atoms with Crippen LogP contribution in [0.25, 0.3) is 22.2 Å². The molecule has 0 fully saturated rings. The molecule has 2 aromatic carbocycles. The van der Waals surface area contributed by atoms with E-state index in [0.29, 0.717) is 17.1 Å². The average Bonchev–Trinajstić information content (AvgIpc) is 3.14. The van der Waals surface area contributed by atoms with E-state index in [4.69, 9.17) is 9.47 Å². The standard InChI is InChI=1S/C25H26N4O3/c1-28(2)25(30)17-8-6-16(7-9-17)20-12-18-15-26-24(14-21(18)29(20)3)27-19-10-11-22(31-4)23(13-19)32-5/h6-15H,1-5H3,(H,26,27). The first-order chi connectivity index (χ1) is 15.4. The Labute approximate surface area is 187 Å². The SMILES string of the molecule is COc1ccc(Nc2cc3c(cn2)cc(-c2ccc(C(=O)N(C)C)cc2)n3C)cc1OC. The van der Waals surface area contributed by atoms with Crippen LogP contribution < -0.4 is 14.8 Å². The summed E-state index contributed by atoms with van der Waals surface area (Å²) in [6, 6.07) is 17.4. The van der Waals surface area contributed by atoms with Gasteiger partial charge in [0.1, 0.15) is 5.82 Å². The first-order valence-electron chi connectivity index (χ1n) is 10.2. The lowest BCUT2D eigenvalue weighted by Crippen LogP contribution is -2.21. The molecule has 1 N–H and O–H groups in total. The number of fused-ring (bicyclic) bond motifs is 1. The van der Waals surface area contributed by atoms with Crippen molar-refractivity contribution in [2.75, 3.05) is 33.6 Å². The number of nitrogens with zero attached hydrogens (tertiary/aromatic N) is 3. The lowest BCUT2D eigenvalue weighted by Gasteiger charge is -2.11. The van der Waals surface area contributed by atoms with Crippen LogP contribution in [-0.4, -0.2) is 48.7 Å². The number of amides is 1. The fraction of sp³-hybridized carbons (Fsp3) is 0.200. The maximum Gasteiger partial charge on any atom is 0.253 e. The summed E-state index contributed by atoms with van der Waals surface area (Å²) in [4.78, 5) is 18.3. The third-order valence-corrected chi connectivity index (χ3v) is 5.42. The molecule has 1 amide bonds. The zero-order valence-corrected chi connectivity index (χ0v) is 18.8. The number of methoxy groups -OCH3 is 2. The summed E-state index contributed by atoms with van der Waals surface area (Å²) < 4.78 is 12.8. The van der Waals surface area contributed by atoms with Gasteiger partial charge in [0.05, 0.1) is 19.7 Å². The third kappa shape index (κ3) is 3.97. The normalized spacial score (nSPS) is 10.8. The van der Waals surface area contributed by atoms with Crippen molar-refractivity contribution < 1.29 is 14.3 Å². The molecule has 164 valence electrons. The number of carbonyl (C=O) groups is 1. The van der Waals surface area contributed by atoms with Crippen molar-refractivity contribution in [2.24, 2.45) is 7.05 Å². The number of hydrogen-bond donors (Lipinski definition) is 1. The van der Waals surface area contributed by atoms with E-state index in [-0.39, 0.29) is 5.91 Å². The molecule has 7 heteroatoms. The molecule has 4 aromatic rings. The van der Waals surface area contributed by atoms with Gasteiger partial charge in [-0.1, -0.05) is 12.1 Å². The topological polar surface area (TPSA) is 68.6 Å². The van der Waals surface area contributed by atoms with Crippen molar-refractivity contribution in [1.29, 1.82) is 0 Å². The Morgan fingerprint density at radius 2 is 1.69 bits per heavy atom. The number of rotatable bonds is 6. The Morgan fingerprint density at radius 3 is 2.34 bits per heavy atom. The highest BCUT2D eigenvalue weighted by Gasteiger charge is 2.12. The molecule has 4 rings (SSSR count). The molecule has 0 aliphatic heterocycles. The third-order valence-electron chi connectivity index (χ3n) is 5.42. The van der Waals surface area contributed by atoms with E-state index in [0.717, 1.165) is 33.7 Å². The molecule has 0 spiro atoms. The summed E-state index contributed by atoms with van der Waals surface area (Å²) >= 11 is 0. The van der Waals surface area contributed by atoms with Gasteiger partial charge in [-0.25, -0.2) is 4.98 Å². The minimum Gasteiger partial charge on any atom is -0.493 e. The molecule has 0 saturated carbocycles. The van der Waals surface area contributed by atoms with Gasteiger partial charge in [-0.05, 0) is 35.9 Å². The number of pyridine rings is 1. The summed E-state index contributed by atoms with van der Waals surface area (Å²) in [6.07, 6.45) is 1.85. The number of hydrogen-bond acceptors (Lipinski definition) is 5. The molecule has 0 unspecified atom stereocenters. The Hall–Kier alpha value is -4.00. The van der Waals surface area contributed by atoms with E-state index < -0.39 is 0 Å². The Kier molecular flexibility index (Phi) is 5.73. The van der Waals surface area contributed by atoms with Crippen LogP contribution in [0.3, 0.4) is 0 Å². The van der Waals surface area contributed by atoms with Gasteiger partial charge in [-0.2, -0.15) is 0 Å². The van der Waals surface area contributed by atoms with E-state index in [9.17, 15) is 4.79 Å². The van der Waals surface area contributed by atoms with Crippen LogP contribution in [0.2, 0.25) is 0 Å². The van der Waals surface area contributed by atoms with Gasteiger partial charge in [-0.15, -0.1) is 0 Å². The molecule has 7 nitrogen and oxygen atoms in total. The lowest BCUT2D eigenvalue weighted by atomic mass is 10.1. The summed E-state index contributed by atoms with van der Waals surface area (Å²) in [5, 5.41) is 4.36. The molecule has 0 radical (unpaired) electrons. The van der Waals surface area contributed by atoms with Crippen molar-refractivity contribution in [3.63, 3.8) is 0 Å². The highest BCUT2D eigenvalue weighted by atomic mass is 16.5. The number of ether oxygens (including phenoxy) is 2. The summed E-state index contributed by atoms with van der Waals surface area (Å²) in [7, 11) is 8.75. The Balaban J connectivity index is 1.63. The van der Waals surface area contributed by atoms with E-state index >= 15 is 0 Å². The molecule has 32 heavy (non-hydrogen) atoms. The van der Waals surface area contributed by atoms with Gasteiger partial charge < -0.3 is 24.3 Å². The maximum absolute atomic E-state index is 12.2. The molecule has 0 aliphatic carbocycles. The number of nitrogens with one attached hydrogen (secondary N) is 1. The van der Waals surface area contributed by atoms with Crippen LogP contribution >= 0.6 is 0 Å². The fourth-order valence-electron chi connectivity index (χ4n) is 3.68. The van der Waals surface area contributed by atoms with Gasteiger partial charge in [0.2, 0.25) is 0 Å². The van der Waals surface area contributed by atoms with Crippen molar-refractivity contribution in [3.05, 3.63) is 66.4 Å². The molecule has 2 heterocycles. The Morgan fingerprint density at radius 1 is 0.969 bits per heavy atom. The first kappa shape index (κ1) is 21.2. The molecular weight excluding hydrogens is 404 g/mol. The van der Waals surface area contributed by atoms with E-state index in [2.05, 4.69) is 20.9 Å². The van der Waals surface area contributed by atoms with Crippen LogP contribution in [0.15, 0.2) is 60.8 Å². The second-order valence-electron chi connectivity index (χ2n) is 7.69.